The smallest absolute Gasteiger partial charge is 0.250 e. The molecule has 39 heavy (non-hydrogen) atoms. The highest BCUT2D eigenvalue weighted by Crippen LogP contribution is 2.42. The van der Waals surface area contributed by atoms with Gasteiger partial charge in [0.2, 0.25) is 15.6 Å². The Labute approximate surface area is 228 Å². The van der Waals surface area contributed by atoms with Crippen LogP contribution in [0, 0.1) is 6.92 Å². The normalized spacial score (nSPS) is 18.1. The fraction of sp³-hybridized carbons (Fsp3) is 0.226. The molecule has 1 aliphatic heterocycles. The van der Waals surface area contributed by atoms with Crippen LogP contribution in [-0.4, -0.2) is 40.2 Å². The highest BCUT2D eigenvalue weighted by molar-refractivity contribution is 7.89. The number of pyridine rings is 1. The summed E-state index contributed by atoms with van der Waals surface area (Å²) in [5.41, 5.74) is 4.69. The first-order chi connectivity index (χ1) is 18.8. The number of hydrogen-bond acceptors (Lipinski definition) is 4. The van der Waals surface area contributed by atoms with E-state index in [9.17, 15) is 13.2 Å². The number of hydrogen-bond donors (Lipinski definition) is 0. The number of nitrogens with zero attached hydrogens (tertiary/aromatic N) is 4. The number of fused-ring (bicyclic) bond motifs is 1. The van der Waals surface area contributed by atoms with Crippen molar-refractivity contribution in [2.24, 2.45) is 7.05 Å². The maximum atomic E-state index is 13.6. The topological polar surface area (TPSA) is 77.2 Å². The maximum Gasteiger partial charge on any atom is 0.250 e. The molecule has 0 amide bonds. The Balaban J connectivity index is 1.45. The zero-order valence-corrected chi connectivity index (χ0v) is 22.8. The van der Waals surface area contributed by atoms with E-state index in [1.807, 2.05) is 35.1 Å². The third-order valence-electron chi connectivity index (χ3n) is 7.89. The van der Waals surface area contributed by atoms with Crippen LogP contribution in [0.5, 0.6) is 0 Å². The van der Waals surface area contributed by atoms with Crippen molar-refractivity contribution < 1.29 is 8.42 Å². The first kappa shape index (κ1) is 25.3. The van der Waals surface area contributed by atoms with Crippen molar-refractivity contribution in [1.82, 2.24) is 18.7 Å². The Morgan fingerprint density at radius 2 is 1.67 bits per heavy atom. The molecule has 3 heterocycles. The van der Waals surface area contributed by atoms with E-state index in [4.69, 9.17) is 0 Å². The second kappa shape index (κ2) is 9.63. The molecular formula is C31H30N4O3S. The first-order valence-electron chi connectivity index (χ1n) is 13.0. The molecular weight excluding hydrogens is 508 g/mol. The van der Waals surface area contributed by atoms with Gasteiger partial charge in [-0.15, -0.1) is 0 Å². The number of sulfonamides is 1. The molecule has 0 spiro atoms. The Kier molecular flexibility index (Phi) is 6.24. The van der Waals surface area contributed by atoms with E-state index in [1.54, 1.807) is 58.5 Å². The quantitative estimate of drug-likeness (QED) is 0.316. The third-order valence-corrected chi connectivity index (χ3v) is 9.74. The lowest BCUT2D eigenvalue weighted by Crippen LogP contribution is -2.36. The summed E-state index contributed by atoms with van der Waals surface area (Å²) in [6, 6.07) is 26.6. The van der Waals surface area contributed by atoms with Crippen LogP contribution in [0.3, 0.4) is 0 Å². The largest absolute Gasteiger partial charge is 0.316 e. The average Bonchev–Trinajstić information content (AvgIpc) is 3.56. The van der Waals surface area contributed by atoms with E-state index in [0.29, 0.717) is 18.0 Å². The Hall–Kier alpha value is -4.01. The van der Waals surface area contributed by atoms with Crippen LogP contribution in [0.1, 0.15) is 23.1 Å². The third kappa shape index (κ3) is 4.49. The van der Waals surface area contributed by atoms with Crippen molar-refractivity contribution in [2.45, 2.75) is 30.1 Å². The number of aromatic nitrogens is 3. The van der Waals surface area contributed by atoms with Gasteiger partial charge in [-0.05, 0) is 66.8 Å². The zero-order valence-electron chi connectivity index (χ0n) is 22.0. The summed E-state index contributed by atoms with van der Waals surface area (Å²) in [7, 11) is -1.89. The van der Waals surface area contributed by atoms with E-state index in [2.05, 4.69) is 36.3 Å². The first-order valence-corrected chi connectivity index (χ1v) is 14.5. The molecule has 7 nitrogen and oxygen atoms in total. The monoisotopic (exact) mass is 538 g/mol. The van der Waals surface area contributed by atoms with Gasteiger partial charge in [0.1, 0.15) is 0 Å². The molecule has 5 aromatic rings. The summed E-state index contributed by atoms with van der Waals surface area (Å²) >= 11 is 0. The van der Waals surface area contributed by atoms with Gasteiger partial charge < -0.3 is 4.57 Å². The molecule has 0 aliphatic carbocycles. The van der Waals surface area contributed by atoms with Gasteiger partial charge in [0.15, 0.2) is 0 Å². The fourth-order valence-electron chi connectivity index (χ4n) is 5.89. The average molecular weight is 539 g/mol. The van der Waals surface area contributed by atoms with Gasteiger partial charge in [-0.25, -0.2) is 13.1 Å². The molecule has 0 radical (unpaired) electrons. The molecule has 8 heteroatoms. The van der Waals surface area contributed by atoms with Crippen LogP contribution in [-0.2, 0) is 28.9 Å². The van der Waals surface area contributed by atoms with E-state index in [-0.39, 0.29) is 11.0 Å². The minimum absolute atomic E-state index is 0.0761. The van der Waals surface area contributed by atoms with E-state index >= 15 is 0 Å². The van der Waals surface area contributed by atoms with E-state index in [1.165, 1.54) is 5.56 Å². The molecule has 1 fully saturated rings. The lowest BCUT2D eigenvalue weighted by Gasteiger charge is -2.32. The summed E-state index contributed by atoms with van der Waals surface area (Å²) in [6.45, 7) is 2.95. The SMILES string of the molecule is Cc1cc2c(cnn2-c2ccc(=O)n(C)c2)cc1C1(Cc2ccccc2)CCN(S(=O)(=O)c2ccccc2)C1. The zero-order chi connectivity index (χ0) is 27.2. The number of aryl methyl sites for hydroxylation is 2. The summed E-state index contributed by atoms with van der Waals surface area (Å²) < 4.78 is 32.2. The lowest BCUT2D eigenvalue weighted by molar-refractivity contribution is 0.413. The van der Waals surface area contributed by atoms with Crippen molar-refractivity contribution in [2.75, 3.05) is 13.1 Å². The van der Waals surface area contributed by atoms with Crippen molar-refractivity contribution in [1.29, 1.82) is 0 Å². The van der Waals surface area contributed by atoms with Crippen molar-refractivity contribution in [3.05, 3.63) is 124 Å². The highest BCUT2D eigenvalue weighted by Gasteiger charge is 2.45. The van der Waals surface area contributed by atoms with Crippen LogP contribution in [0.4, 0.5) is 0 Å². The van der Waals surface area contributed by atoms with Crippen molar-refractivity contribution in [3.8, 4) is 5.69 Å². The molecule has 0 N–H and O–H groups in total. The summed E-state index contributed by atoms with van der Waals surface area (Å²) in [6.07, 6.45) is 5.07. The van der Waals surface area contributed by atoms with Crippen LogP contribution in [0.2, 0.25) is 0 Å². The Morgan fingerprint density at radius 1 is 0.949 bits per heavy atom. The summed E-state index contributed by atoms with van der Waals surface area (Å²) in [5, 5.41) is 5.61. The second-order valence-corrected chi connectivity index (χ2v) is 12.4. The number of benzene rings is 3. The summed E-state index contributed by atoms with van der Waals surface area (Å²) in [4.78, 5) is 12.2. The van der Waals surface area contributed by atoms with Gasteiger partial charge in [-0.3, -0.25) is 4.79 Å². The van der Waals surface area contributed by atoms with Crippen LogP contribution in [0.15, 0.2) is 107 Å². The lowest BCUT2D eigenvalue weighted by atomic mass is 9.73. The van der Waals surface area contributed by atoms with Crippen molar-refractivity contribution in [3.63, 3.8) is 0 Å². The predicted molar refractivity (Wildman–Crippen MR) is 153 cm³/mol. The summed E-state index contributed by atoms with van der Waals surface area (Å²) in [5.74, 6) is 0. The molecule has 0 saturated carbocycles. The minimum Gasteiger partial charge on any atom is -0.316 e. The predicted octanol–water partition coefficient (Wildman–Crippen LogP) is 4.61. The number of rotatable bonds is 6. The molecule has 0 bridgehead atoms. The molecule has 6 rings (SSSR count). The maximum absolute atomic E-state index is 13.6. The van der Waals surface area contributed by atoms with Crippen LogP contribution >= 0.6 is 0 Å². The minimum atomic E-state index is -3.62. The molecule has 1 saturated heterocycles. The van der Waals surface area contributed by atoms with Gasteiger partial charge in [-0.1, -0.05) is 48.5 Å². The highest BCUT2D eigenvalue weighted by atomic mass is 32.2. The fourth-order valence-corrected chi connectivity index (χ4v) is 7.44. The van der Waals surface area contributed by atoms with E-state index in [0.717, 1.165) is 40.6 Å². The van der Waals surface area contributed by atoms with Gasteiger partial charge >= 0.3 is 0 Å². The molecule has 1 unspecified atom stereocenters. The molecule has 198 valence electrons. The van der Waals surface area contributed by atoms with Gasteiger partial charge in [0.25, 0.3) is 0 Å². The molecule has 3 aromatic carbocycles. The molecule has 2 aromatic heterocycles. The van der Waals surface area contributed by atoms with Gasteiger partial charge in [0, 0.05) is 43.2 Å². The standard InChI is InChI=1S/C31H30N4O3S/c1-23-17-29-25(20-32-35(29)26-13-14-30(36)33(2)21-26)18-28(23)31(19-24-9-5-3-6-10-24)15-16-34(22-31)39(37,38)27-11-7-4-8-12-27/h3-14,17-18,20-21H,15-16,19,22H2,1-2H3. The molecule has 1 atom stereocenters. The molecule has 1 aliphatic rings. The van der Waals surface area contributed by atoms with Gasteiger partial charge in [0.05, 0.1) is 22.3 Å². The second-order valence-electron chi connectivity index (χ2n) is 10.5. The van der Waals surface area contributed by atoms with Crippen molar-refractivity contribution >= 4 is 20.9 Å². The Bertz CT molecular complexity index is 1830. The van der Waals surface area contributed by atoms with Crippen LogP contribution in [0.25, 0.3) is 16.6 Å². The van der Waals surface area contributed by atoms with E-state index < -0.39 is 10.0 Å². The van der Waals surface area contributed by atoms with Crippen LogP contribution < -0.4 is 5.56 Å². The Morgan fingerprint density at radius 3 is 2.38 bits per heavy atom. The van der Waals surface area contributed by atoms with Gasteiger partial charge in [-0.2, -0.15) is 9.40 Å².